The van der Waals surface area contributed by atoms with E-state index in [2.05, 4.69) is 20.6 Å². The molecule has 1 amide bonds. The van der Waals surface area contributed by atoms with Gasteiger partial charge in [0, 0.05) is 12.2 Å². The van der Waals surface area contributed by atoms with E-state index in [9.17, 15) is 4.79 Å². The first kappa shape index (κ1) is 17.4. The van der Waals surface area contributed by atoms with Gasteiger partial charge in [-0.2, -0.15) is 0 Å². The van der Waals surface area contributed by atoms with Crippen LogP contribution in [0.25, 0.3) is 0 Å². The van der Waals surface area contributed by atoms with Crippen molar-refractivity contribution in [3.63, 3.8) is 0 Å². The lowest BCUT2D eigenvalue weighted by molar-refractivity contribution is 0.102. The number of nitrogens with zero attached hydrogens (tertiary/aromatic N) is 2. The van der Waals surface area contributed by atoms with Gasteiger partial charge >= 0.3 is 0 Å². The lowest BCUT2D eigenvalue weighted by Crippen LogP contribution is -2.14. The minimum absolute atomic E-state index is 0.273. The maximum atomic E-state index is 12.1. The molecule has 0 aliphatic carbocycles. The van der Waals surface area contributed by atoms with Crippen LogP contribution in [0.2, 0.25) is 0 Å². The van der Waals surface area contributed by atoms with Crippen LogP contribution >= 0.6 is 0 Å². The SMILES string of the molecule is COc1ccc(CCNc2cnc(C(=O)Nc3ccccc3)cn2)cc1. The fourth-order valence-corrected chi connectivity index (χ4v) is 2.38. The highest BCUT2D eigenvalue weighted by Gasteiger charge is 2.08. The van der Waals surface area contributed by atoms with Gasteiger partial charge in [0.15, 0.2) is 0 Å². The van der Waals surface area contributed by atoms with Crippen LogP contribution in [0.4, 0.5) is 11.5 Å². The quantitative estimate of drug-likeness (QED) is 0.684. The molecule has 0 aliphatic heterocycles. The van der Waals surface area contributed by atoms with E-state index in [-0.39, 0.29) is 11.6 Å². The zero-order valence-electron chi connectivity index (χ0n) is 14.5. The van der Waals surface area contributed by atoms with Crippen LogP contribution < -0.4 is 15.4 Å². The van der Waals surface area contributed by atoms with Crippen LogP contribution in [0.15, 0.2) is 67.0 Å². The number of rotatable bonds is 7. The van der Waals surface area contributed by atoms with Crippen LogP contribution in [0, 0.1) is 0 Å². The fourth-order valence-electron chi connectivity index (χ4n) is 2.38. The maximum Gasteiger partial charge on any atom is 0.275 e. The molecular formula is C20H20N4O2. The molecule has 0 fully saturated rings. The van der Waals surface area contributed by atoms with Gasteiger partial charge in [0.25, 0.3) is 5.91 Å². The van der Waals surface area contributed by atoms with Crippen molar-refractivity contribution in [3.05, 3.63) is 78.2 Å². The van der Waals surface area contributed by atoms with Gasteiger partial charge in [-0.15, -0.1) is 0 Å². The van der Waals surface area contributed by atoms with E-state index in [4.69, 9.17) is 4.74 Å². The second-order valence-corrected chi connectivity index (χ2v) is 5.63. The zero-order valence-corrected chi connectivity index (χ0v) is 14.5. The average Bonchev–Trinajstić information content (AvgIpc) is 2.70. The summed E-state index contributed by atoms with van der Waals surface area (Å²) >= 11 is 0. The predicted octanol–water partition coefficient (Wildman–Crippen LogP) is 3.39. The summed E-state index contributed by atoms with van der Waals surface area (Å²) in [6, 6.07) is 17.2. The van der Waals surface area contributed by atoms with Gasteiger partial charge < -0.3 is 15.4 Å². The summed E-state index contributed by atoms with van der Waals surface area (Å²) in [6.45, 7) is 0.719. The number of amides is 1. The van der Waals surface area contributed by atoms with Gasteiger partial charge in [-0.25, -0.2) is 9.97 Å². The minimum Gasteiger partial charge on any atom is -0.497 e. The van der Waals surface area contributed by atoms with Crippen molar-refractivity contribution in [2.75, 3.05) is 24.3 Å². The molecule has 0 saturated carbocycles. The number of methoxy groups -OCH3 is 1. The average molecular weight is 348 g/mol. The van der Waals surface area contributed by atoms with Gasteiger partial charge in [0.1, 0.15) is 17.3 Å². The predicted molar refractivity (Wildman–Crippen MR) is 102 cm³/mol. The van der Waals surface area contributed by atoms with Crippen molar-refractivity contribution in [1.82, 2.24) is 9.97 Å². The molecule has 0 radical (unpaired) electrons. The van der Waals surface area contributed by atoms with E-state index in [0.29, 0.717) is 5.82 Å². The Morgan fingerprint density at radius 3 is 2.42 bits per heavy atom. The summed E-state index contributed by atoms with van der Waals surface area (Å²) in [7, 11) is 1.65. The monoisotopic (exact) mass is 348 g/mol. The minimum atomic E-state index is -0.284. The lowest BCUT2D eigenvalue weighted by atomic mass is 10.1. The van der Waals surface area contributed by atoms with Crippen molar-refractivity contribution in [1.29, 1.82) is 0 Å². The van der Waals surface area contributed by atoms with Crippen molar-refractivity contribution < 1.29 is 9.53 Å². The fraction of sp³-hybridized carbons (Fsp3) is 0.150. The third-order valence-corrected chi connectivity index (χ3v) is 3.79. The Morgan fingerprint density at radius 1 is 1.00 bits per heavy atom. The number of benzene rings is 2. The first-order valence-electron chi connectivity index (χ1n) is 8.30. The molecule has 0 unspecified atom stereocenters. The van der Waals surface area contributed by atoms with Crippen LogP contribution in [-0.4, -0.2) is 29.5 Å². The first-order chi connectivity index (χ1) is 12.7. The highest BCUT2D eigenvalue weighted by Crippen LogP contribution is 2.12. The summed E-state index contributed by atoms with van der Waals surface area (Å²) in [5, 5.41) is 5.98. The molecule has 6 nitrogen and oxygen atoms in total. The molecule has 6 heteroatoms. The van der Waals surface area contributed by atoms with Gasteiger partial charge in [-0.1, -0.05) is 30.3 Å². The van der Waals surface area contributed by atoms with E-state index >= 15 is 0 Å². The molecule has 2 aromatic carbocycles. The molecular weight excluding hydrogens is 328 g/mol. The molecule has 26 heavy (non-hydrogen) atoms. The normalized spacial score (nSPS) is 10.2. The van der Waals surface area contributed by atoms with Crippen LogP contribution in [-0.2, 0) is 6.42 Å². The molecule has 1 heterocycles. The summed E-state index contributed by atoms with van der Waals surface area (Å²) < 4.78 is 5.14. The summed E-state index contributed by atoms with van der Waals surface area (Å²) in [6.07, 6.45) is 3.88. The van der Waals surface area contributed by atoms with E-state index in [1.807, 2.05) is 54.6 Å². The number of para-hydroxylation sites is 1. The van der Waals surface area contributed by atoms with Gasteiger partial charge in [-0.05, 0) is 36.2 Å². The number of ether oxygens (including phenoxy) is 1. The number of anilines is 2. The number of nitrogens with one attached hydrogen (secondary N) is 2. The Bertz CT molecular complexity index is 834. The van der Waals surface area contributed by atoms with E-state index in [0.717, 1.165) is 24.4 Å². The van der Waals surface area contributed by atoms with Crippen molar-refractivity contribution in [2.45, 2.75) is 6.42 Å². The van der Waals surface area contributed by atoms with Crippen molar-refractivity contribution in [3.8, 4) is 5.75 Å². The molecule has 0 saturated heterocycles. The Balaban J connectivity index is 1.50. The third-order valence-electron chi connectivity index (χ3n) is 3.79. The number of carbonyl (C=O) groups is 1. The Kier molecular flexibility index (Phi) is 5.77. The van der Waals surface area contributed by atoms with Crippen molar-refractivity contribution >= 4 is 17.4 Å². The molecule has 0 spiro atoms. The number of hydrogen-bond donors (Lipinski definition) is 2. The molecule has 132 valence electrons. The summed E-state index contributed by atoms with van der Waals surface area (Å²) in [5.74, 6) is 1.19. The summed E-state index contributed by atoms with van der Waals surface area (Å²) in [4.78, 5) is 20.5. The molecule has 0 aliphatic rings. The standard InChI is InChI=1S/C20H20N4O2/c1-26-17-9-7-15(8-10-17)11-12-21-19-14-22-18(13-23-19)20(25)24-16-5-3-2-4-6-16/h2-10,13-14H,11-12H2,1H3,(H,21,23)(H,24,25). The highest BCUT2D eigenvalue weighted by atomic mass is 16.5. The molecule has 2 N–H and O–H groups in total. The topological polar surface area (TPSA) is 76.1 Å². The second-order valence-electron chi connectivity index (χ2n) is 5.63. The molecule has 3 aromatic rings. The zero-order chi connectivity index (χ0) is 18.2. The Morgan fingerprint density at radius 2 is 1.77 bits per heavy atom. The molecule has 0 bridgehead atoms. The summed E-state index contributed by atoms with van der Waals surface area (Å²) in [5.41, 5.74) is 2.20. The van der Waals surface area contributed by atoms with E-state index < -0.39 is 0 Å². The molecule has 3 rings (SSSR count). The van der Waals surface area contributed by atoms with Gasteiger partial charge in [0.05, 0.1) is 19.5 Å². The lowest BCUT2D eigenvalue weighted by Gasteiger charge is -2.07. The number of hydrogen-bond acceptors (Lipinski definition) is 5. The Labute approximate surface area is 152 Å². The largest absolute Gasteiger partial charge is 0.497 e. The van der Waals surface area contributed by atoms with E-state index in [1.165, 1.54) is 11.8 Å². The maximum absolute atomic E-state index is 12.1. The smallest absolute Gasteiger partial charge is 0.275 e. The van der Waals surface area contributed by atoms with Crippen molar-refractivity contribution in [2.24, 2.45) is 0 Å². The Hall–Kier alpha value is -3.41. The number of aromatic nitrogens is 2. The van der Waals surface area contributed by atoms with Crippen LogP contribution in [0.1, 0.15) is 16.1 Å². The number of carbonyl (C=O) groups excluding carboxylic acids is 1. The van der Waals surface area contributed by atoms with Gasteiger partial charge in [0.2, 0.25) is 0 Å². The third kappa shape index (κ3) is 4.80. The van der Waals surface area contributed by atoms with E-state index in [1.54, 1.807) is 13.3 Å². The first-order valence-corrected chi connectivity index (χ1v) is 8.30. The molecule has 1 aromatic heterocycles. The van der Waals surface area contributed by atoms with Crippen LogP contribution in [0.5, 0.6) is 5.75 Å². The second kappa shape index (κ2) is 8.62. The van der Waals surface area contributed by atoms with Gasteiger partial charge in [-0.3, -0.25) is 4.79 Å². The van der Waals surface area contributed by atoms with Crippen LogP contribution in [0.3, 0.4) is 0 Å². The molecule has 0 atom stereocenters. The highest BCUT2D eigenvalue weighted by molar-refractivity contribution is 6.02.